The molecule has 0 atom stereocenters. The molecule has 5 nitrogen and oxygen atoms in total. The number of hydrogen-bond acceptors (Lipinski definition) is 4. The number of sulfonamides is 1. The lowest BCUT2D eigenvalue weighted by Gasteiger charge is -2.06. The molecule has 0 amide bonds. The van der Waals surface area contributed by atoms with Crippen LogP contribution >= 0.6 is 0 Å². The first kappa shape index (κ1) is 14.6. The number of nitriles is 1. The zero-order valence-corrected chi connectivity index (χ0v) is 11.2. The molecule has 0 saturated heterocycles. The van der Waals surface area contributed by atoms with Crippen molar-refractivity contribution in [1.82, 2.24) is 9.71 Å². The Morgan fingerprint density at radius 1 is 1.33 bits per heavy atom. The number of rotatable bonds is 7. The summed E-state index contributed by atoms with van der Waals surface area (Å²) in [6.45, 7) is 2.54. The molecule has 1 aromatic heterocycles. The van der Waals surface area contributed by atoms with Gasteiger partial charge in [-0.25, -0.2) is 18.1 Å². The quantitative estimate of drug-likeness (QED) is 0.764. The first-order chi connectivity index (χ1) is 8.60. The Hall–Kier alpha value is -1.45. The second-order valence-electron chi connectivity index (χ2n) is 3.95. The van der Waals surface area contributed by atoms with Crippen LogP contribution in [0.2, 0.25) is 0 Å². The maximum atomic E-state index is 11.8. The van der Waals surface area contributed by atoms with Gasteiger partial charge in [-0.05, 0) is 18.6 Å². The molecular weight excluding hydrogens is 250 g/mol. The number of pyridine rings is 1. The van der Waals surface area contributed by atoms with Gasteiger partial charge in [-0.15, -0.1) is 0 Å². The number of hydrogen-bond donors (Lipinski definition) is 1. The molecule has 0 aromatic carbocycles. The van der Waals surface area contributed by atoms with E-state index in [1.54, 1.807) is 0 Å². The van der Waals surface area contributed by atoms with Crippen molar-refractivity contribution >= 4 is 10.0 Å². The Kier molecular flexibility index (Phi) is 5.75. The lowest BCUT2D eigenvalue weighted by Crippen LogP contribution is -2.24. The van der Waals surface area contributed by atoms with Crippen LogP contribution in [0.25, 0.3) is 0 Å². The molecule has 0 aliphatic carbocycles. The summed E-state index contributed by atoms with van der Waals surface area (Å²) < 4.78 is 26.2. The van der Waals surface area contributed by atoms with Crippen molar-refractivity contribution in [3.63, 3.8) is 0 Å². The third-order valence-electron chi connectivity index (χ3n) is 2.48. The van der Waals surface area contributed by atoms with Gasteiger partial charge in [0.2, 0.25) is 10.0 Å². The fourth-order valence-electron chi connectivity index (χ4n) is 1.45. The van der Waals surface area contributed by atoms with Crippen LogP contribution in [0.4, 0.5) is 0 Å². The Balaban J connectivity index is 2.55. The first-order valence-electron chi connectivity index (χ1n) is 5.96. The summed E-state index contributed by atoms with van der Waals surface area (Å²) in [5.41, 5.74) is 0.205. The zero-order chi connectivity index (χ0) is 13.4. The lowest BCUT2D eigenvalue weighted by atomic mass is 10.2. The number of unbranched alkanes of at least 4 members (excludes halogenated alkanes) is 3. The Bertz CT molecular complexity index is 503. The van der Waals surface area contributed by atoms with Crippen molar-refractivity contribution in [1.29, 1.82) is 5.26 Å². The van der Waals surface area contributed by atoms with Gasteiger partial charge in [0, 0.05) is 12.7 Å². The van der Waals surface area contributed by atoms with Gasteiger partial charge in [-0.3, -0.25) is 0 Å². The predicted octanol–water partition coefficient (Wildman–Crippen LogP) is 1.81. The minimum Gasteiger partial charge on any atom is -0.244 e. The molecule has 18 heavy (non-hydrogen) atoms. The van der Waals surface area contributed by atoms with E-state index in [2.05, 4.69) is 16.6 Å². The van der Waals surface area contributed by atoms with E-state index >= 15 is 0 Å². The molecule has 0 saturated carbocycles. The van der Waals surface area contributed by atoms with Crippen molar-refractivity contribution < 1.29 is 8.42 Å². The van der Waals surface area contributed by atoms with Gasteiger partial charge in [-0.1, -0.05) is 26.2 Å². The fraction of sp³-hybridized carbons (Fsp3) is 0.500. The molecule has 0 spiro atoms. The minimum atomic E-state index is -3.49. The molecular formula is C12H17N3O2S. The normalized spacial score (nSPS) is 11.1. The summed E-state index contributed by atoms with van der Waals surface area (Å²) in [5, 5.41) is 8.58. The van der Waals surface area contributed by atoms with Crippen molar-refractivity contribution in [3.8, 4) is 6.07 Å². The van der Waals surface area contributed by atoms with E-state index in [1.807, 2.05) is 6.07 Å². The van der Waals surface area contributed by atoms with Gasteiger partial charge in [0.25, 0.3) is 0 Å². The van der Waals surface area contributed by atoms with E-state index in [0.717, 1.165) is 25.7 Å². The molecule has 1 aromatic rings. The maximum absolute atomic E-state index is 11.8. The predicted molar refractivity (Wildman–Crippen MR) is 68.3 cm³/mol. The smallest absolute Gasteiger partial charge is 0.242 e. The third kappa shape index (κ3) is 4.43. The molecule has 0 fully saturated rings. The highest BCUT2D eigenvalue weighted by molar-refractivity contribution is 7.89. The van der Waals surface area contributed by atoms with Gasteiger partial charge in [0.05, 0.1) is 0 Å². The van der Waals surface area contributed by atoms with Crippen LogP contribution in [0.3, 0.4) is 0 Å². The van der Waals surface area contributed by atoms with E-state index in [1.165, 1.54) is 18.3 Å². The van der Waals surface area contributed by atoms with E-state index in [0.29, 0.717) is 6.54 Å². The molecule has 0 radical (unpaired) electrons. The highest BCUT2D eigenvalue weighted by Gasteiger charge is 2.13. The van der Waals surface area contributed by atoms with Crippen molar-refractivity contribution in [2.75, 3.05) is 6.54 Å². The van der Waals surface area contributed by atoms with Crippen LogP contribution in [0.5, 0.6) is 0 Å². The number of nitrogens with zero attached hydrogens (tertiary/aromatic N) is 2. The Labute approximate surface area is 108 Å². The molecule has 0 aliphatic rings. The second-order valence-corrected chi connectivity index (χ2v) is 5.72. The third-order valence-corrected chi connectivity index (χ3v) is 3.93. The highest BCUT2D eigenvalue weighted by Crippen LogP contribution is 2.07. The van der Waals surface area contributed by atoms with E-state index < -0.39 is 10.0 Å². The van der Waals surface area contributed by atoms with Gasteiger partial charge in [0.15, 0.2) is 0 Å². The molecule has 0 aliphatic heterocycles. The van der Waals surface area contributed by atoms with Crippen molar-refractivity contribution in [2.24, 2.45) is 0 Å². The molecule has 6 heteroatoms. The average Bonchev–Trinajstić information content (AvgIpc) is 2.38. The van der Waals surface area contributed by atoms with Crippen LogP contribution in [0, 0.1) is 11.3 Å². The van der Waals surface area contributed by atoms with Gasteiger partial charge < -0.3 is 0 Å². The summed E-state index contributed by atoms with van der Waals surface area (Å²) in [6, 6.07) is 4.63. The van der Waals surface area contributed by atoms with E-state index in [4.69, 9.17) is 5.26 Å². The van der Waals surface area contributed by atoms with Gasteiger partial charge in [0.1, 0.15) is 16.7 Å². The molecule has 1 heterocycles. The molecule has 1 N–H and O–H groups in total. The molecule has 0 unspecified atom stereocenters. The molecule has 0 bridgehead atoms. The topological polar surface area (TPSA) is 82.9 Å². The average molecular weight is 267 g/mol. The second kappa shape index (κ2) is 7.09. The lowest BCUT2D eigenvalue weighted by molar-refractivity contribution is 0.573. The van der Waals surface area contributed by atoms with Crippen LogP contribution in [0.15, 0.2) is 23.2 Å². The van der Waals surface area contributed by atoms with Crippen LogP contribution in [0.1, 0.15) is 38.3 Å². The highest BCUT2D eigenvalue weighted by atomic mass is 32.2. The Morgan fingerprint density at radius 3 is 2.67 bits per heavy atom. The summed E-state index contributed by atoms with van der Waals surface area (Å²) in [6.07, 6.45) is 5.28. The number of nitrogens with one attached hydrogen (secondary N) is 1. The van der Waals surface area contributed by atoms with Crippen LogP contribution in [-0.4, -0.2) is 19.9 Å². The summed E-state index contributed by atoms with van der Waals surface area (Å²) in [5.74, 6) is 0. The molecule has 1 rings (SSSR count). The van der Waals surface area contributed by atoms with Crippen molar-refractivity contribution in [2.45, 2.75) is 37.5 Å². The van der Waals surface area contributed by atoms with E-state index in [9.17, 15) is 8.42 Å². The van der Waals surface area contributed by atoms with Crippen LogP contribution < -0.4 is 4.72 Å². The largest absolute Gasteiger partial charge is 0.244 e. The first-order valence-corrected chi connectivity index (χ1v) is 7.44. The van der Waals surface area contributed by atoms with Gasteiger partial charge in [-0.2, -0.15) is 5.26 Å². The monoisotopic (exact) mass is 267 g/mol. The standard InChI is InChI=1S/C12H17N3O2S/c1-2-3-4-5-8-15-18(16,17)12-7-6-11(9-13)14-10-12/h6-7,10,15H,2-5,8H2,1H3. The minimum absolute atomic E-state index is 0.0944. The van der Waals surface area contributed by atoms with E-state index in [-0.39, 0.29) is 10.6 Å². The van der Waals surface area contributed by atoms with Crippen LogP contribution in [-0.2, 0) is 10.0 Å². The van der Waals surface area contributed by atoms with Gasteiger partial charge >= 0.3 is 0 Å². The Morgan fingerprint density at radius 2 is 2.11 bits per heavy atom. The summed E-state index contributed by atoms with van der Waals surface area (Å²) >= 11 is 0. The van der Waals surface area contributed by atoms with Crippen molar-refractivity contribution in [3.05, 3.63) is 24.0 Å². The summed E-state index contributed by atoms with van der Waals surface area (Å²) in [7, 11) is -3.49. The number of aromatic nitrogens is 1. The maximum Gasteiger partial charge on any atom is 0.242 e. The SMILES string of the molecule is CCCCCCNS(=O)(=O)c1ccc(C#N)nc1. The fourth-order valence-corrected chi connectivity index (χ4v) is 2.47. The summed E-state index contributed by atoms with van der Waals surface area (Å²) in [4.78, 5) is 3.84. The zero-order valence-electron chi connectivity index (χ0n) is 10.4. The molecule has 98 valence electrons.